The Morgan fingerprint density at radius 1 is 1.32 bits per heavy atom. The van der Waals surface area contributed by atoms with Crippen molar-refractivity contribution in [3.63, 3.8) is 0 Å². The molecule has 0 amide bonds. The lowest BCUT2D eigenvalue weighted by Crippen LogP contribution is -2.36. The summed E-state index contributed by atoms with van der Waals surface area (Å²) in [6.45, 7) is 1.10. The van der Waals surface area contributed by atoms with Crippen LogP contribution < -0.4 is 5.73 Å². The van der Waals surface area contributed by atoms with E-state index in [2.05, 4.69) is 0 Å². The molecule has 0 saturated heterocycles. The Morgan fingerprint density at radius 3 is 2.84 bits per heavy atom. The first-order valence-electron chi connectivity index (χ1n) is 6.19. The molecule has 1 heterocycles. The van der Waals surface area contributed by atoms with Crippen molar-refractivity contribution in [2.24, 2.45) is 0 Å². The zero-order chi connectivity index (χ0) is 13.7. The van der Waals surface area contributed by atoms with E-state index in [0.717, 1.165) is 11.3 Å². The highest BCUT2D eigenvalue weighted by Gasteiger charge is 2.21. The molecule has 1 aromatic carbocycles. The third-order valence-corrected chi connectivity index (χ3v) is 5.97. The Balaban J connectivity index is 1.86. The zero-order valence-electron chi connectivity index (χ0n) is 10.7. The second-order valence-electron chi connectivity index (χ2n) is 4.36. The van der Waals surface area contributed by atoms with Crippen LogP contribution >= 0.6 is 11.8 Å². The van der Waals surface area contributed by atoms with Crippen molar-refractivity contribution < 1.29 is 8.42 Å². The number of sulfonamides is 1. The zero-order valence-corrected chi connectivity index (χ0v) is 12.3. The summed E-state index contributed by atoms with van der Waals surface area (Å²) in [6, 6.07) is 7.50. The van der Waals surface area contributed by atoms with Gasteiger partial charge in [0, 0.05) is 29.4 Å². The van der Waals surface area contributed by atoms with Gasteiger partial charge in [-0.3, -0.25) is 0 Å². The summed E-state index contributed by atoms with van der Waals surface area (Å²) in [5.74, 6) is 0.715. The fraction of sp³-hybridized carbons (Fsp3) is 0.385. The second-order valence-corrected chi connectivity index (χ2v) is 7.61. The number of nitrogens with two attached hydrogens (primary N) is 1. The van der Waals surface area contributed by atoms with Gasteiger partial charge in [-0.15, -0.1) is 11.8 Å². The number of hydrogen-bond donors (Lipinski definition) is 1. The lowest BCUT2D eigenvalue weighted by molar-refractivity contribution is 0.439. The number of nitrogen functional groups attached to an aromatic ring is 1. The molecule has 0 saturated carbocycles. The Kier molecular flexibility index (Phi) is 4.90. The largest absolute Gasteiger partial charge is 0.399 e. The van der Waals surface area contributed by atoms with Gasteiger partial charge in [0.2, 0.25) is 10.0 Å². The van der Waals surface area contributed by atoms with E-state index >= 15 is 0 Å². The summed E-state index contributed by atoms with van der Waals surface area (Å²) in [7, 11) is -3.13. The van der Waals surface area contributed by atoms with Crippen molar-refractivity contribution >= 4 is 27.5 Å². The van der Waals surface area contributed by atoms with E-state index in [1.54, 1.807) is 4.31 Å². The number of thioether (sulfide) groups is 1. The quantitative estimate of drug-likeness (QED) is 0.513. The summed E-state index contributed by atoms with van der Waals surface area (Å²) in [5.41, 5.74) is 6.39. The SMILES string of the molecule is Nc1cccc(SCCS(=O)(=O)N2CC=CCC2)c1. The van der Waals surface area contributed by atoms with Crippen molar-refractivity contribution in [3.05, 3.63) is 36.4 Å². The molecule has 4 nitrogen and oxygen atoms in total. The minimum atomic E-state index is -3.13. The van der Waals surface area contributed by atoms with Gasteiger partial charge in [-0.25, -0.2) is 8.42 Å². The van der Waals surface area contributed by atoms with Gasteiger partial charge in [-0.05, 0) is 24.6 Å². The molecule has 2 rings (SSSR count). The van der Waals surface area contributed by atoms with Crippen LogP contribution in [0.25, 0.3) is 0 Å². The lowest BCUT2D eigenvalue weighted by atomic mass is 10.3. The Hall–Kier alpha value is -0.980. The summed E-state index contributed by atoms with van der Waals surface area (Å²) in [5, 5.41) is 0. The van der Waals surface area contributed by atoms with E-state index in [9.17, 15) is 8.42 Å². The van der Waals surface area contributed by atoms with Crippen molar-refractivity contribution in [3.8, 4) is 0 Å². The number of nitrogens with zero attached hydrogens (tertiary/aromatic N) is 1. The fourth-order valence-electron chi connectivity index (χ4n) is 1.87. The van der Waals surface area contributed by atoms with Gasteiger partial charge in [-0.2, -0.15) is 4.31 Å². The minimum absolute atomic E-state index is 0.167. The van der Waals surface area contributed by atoms with Crippen LogP contribution in [0.15, 0.2) is 41.3 Å². The molecule has 0 fully saturated rings. The van der Waals surface area contributed by atoms with Gasteiger partial charge >= 0.3 is 0 Å². The van der Waals surface area contributed by atoms with Gasteiger partial charge in [-0.1, -0.05) is 18.2 Å². The Bertz CT molecular complexity index is 556. The molecule has 1 aliphatic heterocycles. The average molecular weight is 298 g/mol. The van der Waals surface area contributed by atoms with Crippen molar-refractivity contribution in [2.45, 2.75) is 11.3 Å². The maximum atomic E-state index is 12.1. The molecule has 0 unspecified atom stereocenters. The third-order valence-electron chi connectivity index (χ3n) is 2.88. The van der Waals surface area contributed by atoms with Gasteiger partial charge in [0.15, 0.2) is 0 Å². The van der Waals surface area contributed by atoms with Crippen LogP contribution in [0.3, 0.4) is 0 Å². The average Bonchev–Trinajstić information content (AvgIpc) is 2.40. The van der Waals surface area contributed by atoms with Gasteiger partial charge in [0.1, 0.15) is 0 Å². The molecule has 2 N–H and O–H groups in total. The van der Waals surface area contributed by atoms with Crippen molar-refractivity contribution in [1.29, 1.82) is 0 Å². The lowest BCUT2D eigenvalue weighted by Gasteiger charge is -2.22. The normalized spacial score (nSPS) is 16.6. The topological polar surface area (TPSA) is 63.4 Å². The summed E-state index contributed by atoms with van der Waals surface area (Å²) in [4.78, 5) is 1.01. The van der Waals surface area contributed by atoms with Crippen LogP contribution in [0.5, 0.6) is 0 Å². The number of anilines is 1. The highest BCUT2D eigenvalue weighted by atomic mass is 32.2. The second kappa shape index (κ2) is 6.45. The summed E-state index contributed by atoms with van der Waals surface area (Å²) < 4.78 is 25.7. The molecule has 0 spiro atoms. The predicted octanol–water partition coefficient (Wildman–Crippen LogP) is 1.95. The van der Waals surface area contributed by atoms with E-state index < -0.39 is 10.0 Å². The first-order chi connectivity index (χ1) is 9.08. The molecule has 0 bridgehead atoms. The first kappa shape index (κ1) is 14.4. The van der Waals surface area contributed by atoms with Gasteiger partial charge in [0.25, 0.3) is 0 Å². The van der Waals surface area contributed by atoms with Crippen LogP contribution in [0.1, 0.15) is 6.42 Å². The molecule has 0 atom stereocenters. The Labute approximate surface area is 118 Å². The van der Waals surface area contributed by atoms with E-state index in [-0.39, 0.29) is 5.75 Å². The monoisotopic (exact) mass is 298 g/mol. The maximum Gasteiger partial charge on any atom is 0.215 e. The molecule has 1 aliphatic rings. The Morgan fingerprint density at radius 2 is 2.16 bits per heavy atom. The highest BCUT2D eigenvalue weighted by Crippen LogP contribution is 2.21. The van der Waals surface area contributed by atoms with E-state index in [4.69, 9.17) is 5.73 Å². The smallest absolute Gasteiger partial charge is 0.215 e. The van der Waals surface area contributed by atoms with Gasteiger partial charge in [0.05, 0.1) is 5.75 Å². The highest BCUT2D eigenvalue weighted by molar-refractivity contribution is 8.00. The van der Waals surface area contributed by atoms with Crippen molar-refractivity contribution in [2.75, 3.05) is 30.3 Å². The number of rotatable bonds is 5. The fourth-order valence-corrected chi connectivity index (χ4v) is 4.63. The predicted molar refractivity (Wildman–Crippen MR) is 80.7 cm³/mol. The number of hydrogen-bond acceptors (Lipinski definition) is 4. The van der Waals surface area contributed by atoms with Crippen LogP contribution in [0.4, 0.5) is 5.69 Å². The summed E-state index contributed by atoms with van der Waals surface area (Å²) in [6.07, 6.45) is 4.74. The molecule has 6 heteroatoms. The van der Waals surface area contributed by atoms with Crippen LogP contribution in [0.2, 0.25) is 0 Å². The summed E-state index contributed by atoms with van der Waals surface area (Å²) >= 11 is 1.52. The molecule has 0 aromatic heterocycles. The van der Waals surface area contributed by atoms with Gasteiger partial charge < -0.3 is 5.73 Å². The molecule has 1 aromatic rings. The van der Waals surface area contributed by atoms with E-state index in [1.165, 1.54) is 11.8 Å². The van der Waals surface area contributed by atoms with E-state index in [0.29, 0.717) is 24.5 Å². The molecular formula is C13H18N2O2S2. The molecule has 104 valence electrons. The van der Waals surface area contributed by atoms with E-state index in [1.807, 2.05) is 36.4 Å². The third kappa shape index (κ3) is 4.26. The standard InChI is InChI=1S/C13H18N2O2S2/c14-12-5-4-6-13(11-12)18-9-10-19(16,17)15-7-2-1-3-8-15/h1-2,4-6,11H,3,7-10,14H2. The van der Waals surface area contributed by atoms with Crippen molar-refractivity contribution in [1.82, 2.24) is 4.31 Å². The number of benzene rings is 1. The maximum absolute atomic E-state index is 12.1. The first-order valence-corrected chi connectivity index (χ1v) is 8.78. The molecule has 19 heavy (non-hydrogen) atoms. The van der Waals surface area contributed by atoms with Crippen LogP contribution in [-0.4, -0.2) is 37.3 Å². The molecule has 0 radical (unpaired) electrons. The van der Waals surface area contributed by atoms with Crippen LogP contribution in [0, 0.1) is 0 Å². The van der Waals surface area contributed by atoms with Crippen LogP contribution in [-0.2, 0) is 10.0 Å². The minimum Gasteiger partial charge on any atom is -0.399 e. The molecule has 0 aliphatic carbocycles. The molecular weight excluding hydrogens is 280 g/mol.